The highest BCUT2D eigenvalue weighted by Gasteiger charge is 2.36. The smallest absolute Gasteiger partial charge is 0.431 e. The van der Waals surface area contributed by atoms with Gasteiger partial charge in [-0.2, -0.15) is 13.2 Å². The highest BCUT2D eigenvalue weighted by atomic mass is 35.5. The van der Waals surface area contributed by atoms with E-state index in [0.29, 0.717) is 27.2 Å². The van der Waals surface area contributed by atoms with Crippen LogP contribution >= 0.6 is 23.2 Å². The third-order valence-electron chi connectivity index (χ3n) is 3.90. The monoisotopic (exact) mass is 394 g/mol. The summed E-state index contributed by atoms with van der Waals surface area (Å²) in [6.45, 7) is 1.75. The average molecular weight is 395 g/mol. The van der Waals surface area contributed by atoms with Gasteiger partial charge in [0.1, 0.15) is 17.5 Å². The van der Waals surface area contributed by atoms with E-state index in [0.717, 1.165) is 7.05 Å². The molecule has 0 amide bonds. The van der Waals surface area contributed by atoms with Crippen LogP contribution in [0.4, 0.5) is 13.2 Å². The van der Waals surface area contributed by atoms with Gasteiger partial charge in [0.2, 0.25) is 0 Å². The number of alkyl halides is 3. The normalized spacial score (nSPS) is 16.7. The van der Waals surface area contributed by atoms with E-state index >= 15 is 0 Å². The maximum Gasteiger partial charge on any atom is 0.431 e. The van der Waals surface area contributed by atoms with E-state index in [4.69, 9.17) is 27.9 Å². The molecule has 0 bridgehead atoms. The largest absolute Gasteiger partial charge is 0.488 e. The van der Waals surface area contributed by atoms with Gasteiger partial charge in [-0.1, -0.05) is 23.2 Å². The molecule has 0 spiro atoms. The quantitative estimate of drug-likeness (QED) is 0.746. The topological polar surface area (TPSA) is 53.2 Å². The molecule has 25 heavy (non-hydrogen) atoms. The molecule has 134 valence electrons. The zero-order chi connectivity index (χ0) is 18.7. The summed E-state index contributed by atoms with van der Waals surface area (Å²) in [5.41, 5.74) is -3.24. The highest BCUT2D eigenvalue weighted by molar-refractivity contribution is 6.37. The Balaban J connectivity index is 2.38. The Kier molecular flexibility index (Phi) is 4.15. The van der Waals surface area contributed by atoms with E-state index in [-0.39, 0.29) is 27.6 Å². The van der Waals surface area contributed by atoms with Gasteiger partial charge in [0, 0.05) is 25.1 Å². The van der Waals surface area contributed by atoms with Gasteiger partial charge in [0.15, 0.2) is 0 Å². The minimum Gasteiger partial charge on any atom is -0.488 e. The molecule has 1 aliphatic rings. The second-order valence-electron chi connectivity index (χ2n) is 5.67. The average Bonchev–Trinajstić information content (AvgIpc) is 2.87. The van der Waals surface area contributed by atoms with Crippen molar-refractivity contribution in [2.45, 2.75) is 25.6 Å². The molecule has 5 nitrogen and oxygen atoms in total. The van der Waals surface area contributed by atoms with Crippen LogP contribution in [0.2, 0.25) is 10.0 Å². The maximum absolute atomic E-state index is 13.0. The predicted octanol–water partition coefficient (Wildman–Crippen LogP) is 3.19. The summed E-state index contributed by atoms with van der Waals surface area (Å²) in [6.07, 6.45) is -4.81. The van der Waals surface area contributed by atoms with E-state index in [1.54, 1.807) is 6.92 Å². The number of rotatable bonds is 1. The number of nitrogens with zero attached hydrogens (tertiary/aromatic N) is 2. The van der Waals surface area contributed by atoms with Crippen molar-refractivity contribution in [3.8, 4) is 11.4 Å². The van der Waals surface area contributed by atoms with Gasteiger partial charge in [-0.3, -0.25) is 9.36 Å². The lowest BCUT2D eigenvalue weighted by molar-refractivity contribution is -0.144. The number of fused-ring (bicyclic) bond motifs is 1. The number of hydrogen-bond donors (Lipinski definition) is 0. The molecule has 1 aromatic carbocycles. The number of hydrogen-bond acceptors (Lipinski definition) is 3. The molecule has 0 saturated heterocycles. The number of aromatic nitrogens is 2. The molecule has 2 heterocycles. The third kappa shape index (κ3) is 2.83. The van der Waals surface area contributed by atoms with E-state index in [9.17, 15) is 22.8 Å². The summed E-state index contributed by atoms with van der Waals surface area (Å²) in [5, 5.41) is 0.172. The fourth-order valence-electron chi connectivity index (χ4n) is 2.83. The highest BCUT2D eigenvalue weighted by Crippen LogP contribution is 2.42. The van der Waals surface area contributed by atoms with Crippen LogP contribution in [0.15, 0.2) is 21.7 Å². The Hall–Kier alpha value is -1.93. The lowest BCUT2D eigenvalue weighted by Crippen LogP contribution is -2.41. The van der Waals surface area contributed by atoms with Gasteiger partial charge in [-0.25, -0.2) is 9.36 Å². The Morgan fingerprint density at radius 1 is 1.20 bits per heavy atom. The van der Waals surface area contributed by atoms with Crippen LogP contribution in [0, 0.1) is 0 Å². The van der Waals surface area contributed by atoms with Gasteiger partial charge in [0.05, 0.1) is 15.7 Å². The summed E-state index contributed by atoms with van der Waals surface area (Å²) in [6, 6.07) is 1.65. The lowest BCUT2D eigenvalue weighted by Gasteiger charge is -2.16. The molecule has 1 aliphatic heterocycles. The molecule has 0 fully saturated rings. The molecule has 1 unspecified atom stereocenters. The Bertz CT molecular complexity index is 995. The molecule has 0 radical (unpaired) electrons. The molecule has 1 aromatic heterocycles. The molecule has 0 aliphatic carbocycles. The Morgan fingerprint density at radius 3 is 2.44 bits per heavy atom. The van der Waals surface area contributed by atoms with Crippen LogP contribution in [0.25, 0.3) is 5.69 Å². The van der Waals surface area contributed by atoms with Crippen molar-refractivity contribution >= 4 is 23.2 Å². The standard InChI is InChI=1S/C15H11Cl2F3N2O3/c1-6-3-7-12(8(16)4-9(17)13(7)25-6)22-11(23)5-10(15(18,19)20)21(2)14(22)24/h4-6H,3H2,1-2H3. The SMILES string of the molecule is CC1Cc2c(c(Cl)cc(Cl)c2-n2c(=O)cc(C(F)(F)F)n(C)c2=O)O1. The molecule has 0 saturated carbocycles. The number of ether oxygens (including phenoxy) is 1. The maximum atomic E-state index is 13.0. The minimum absolute atomic E-state index is 0.00950. The minimum atomic E-state index is -4.84. The number of benzene rings is 1. The first-order valence-corrected chi connectivity index (χ1v) is 7.86. The van der Waals surface area contributed by atoms with Crippen LogP contribution in [0.3, 0.4) is 0 Å². The van der Waals surface area contributed by atoms with E-state index in [2.05, 4.69) is 0 Å². The second-order valence-corrected chi connectivity index (χ2v) is 6.49. The van der Waals surface area contributed by atoms with Gasteiger partial charge in [-0.05, 0) is 13.0 Å². The van der Waals surface area contributed by atoms with Crippen molar-refractivity contribution < 1.29 is 17.9 Å². The van der Waals surface area contributed by atoms with E-state index in [1.165, 1.54) is 6.07 Å². The summed E-state index contributed by atoms with van der Waals surface area (Å²) in [5.74, 6) is 0.266. The first kappa shape index (κ1) is 17.9. The molecule has 1 atom stereocenters. The predicted molar refractivity (Wildman–Crippen MR) is 86.1 cm³/mol. The second kappa shape index (κ2) is 5.81. The van der Waals surface area contributed by atoms with E-state index in [1.807, 2.05) is 0 Å². The summed E-state index contributed by atoms with van der Waals surface area (Å²) >= 11 is 12.2. The first-order chi connectivity index (χ1) is 11.5. The van der Waals surface area contributed by atoms with E-state index < -0.39 is 23.1 Å². The molecular formula is C15H11Cl2F3N2O3. The molecule has 3 rings (SSSR count). The van der Waals surface area contributed by atoms with Gasteiger partial charge in [0.25, 0.3) is 5.56 Å². The van der Waals surface area contributed by atoms with Crippen LogP contribution in [0.1, 0.15) is 18.2 Å². The van der Waals surface area contributed by atoms with Crippen molar-refractivity contribution in [2.75, 3.05) is 0 Å². The molecule has 10 heteroatoms. The van der Waals surface area contributed by atoms with Crippen molar-refractivity contribution in [3.05, 3.63) is 54.3 Å². The lowest BCUT2D eigenvalue weighted by atomic mass is 10.1. The van der Waals surface area contributed by atoms with Crippen LogP contribution < -0.4 is 16.0 Å². The van der Waals surface area contributed by atoms with Gasteiger partial charge < -0.3 is 4.74 Å². The van der Waals surface area contributed by atoms with Crippen molar-refractivity contribution in [1.82, 2.24) is 9.13 Å². The molecule has 2 aromatic rings. The summed E-state index contributed by atoms with van der Waals surface area (Å²) in [7, 11) is 0.935. The van der Waals surface area contributed by atoms with Gasteiger partial charge >= 0.3 is 11.9 Å². The van der Waals surface area contributed by atoms with Crippen molar-refractivity contribution in [3.63, 3.8) is 0 Å². The van der Waals surface area contributed by atoms with Crippen LogP contribution in [-0.2, 0) is 19.6 Å². The fourth-order valence-corrected chi connectivity index (χ4v) is 3.46. The van der Waals surface area contributed by atoms with Crippen molar-refractivity contribution in [1.29, 1.82) is 0 Å². The number of halogens is 5. The Labute approximate surface area is 149 Å². The summed E-state index contributed by atoms with van der Waals surface area (Å²) < 4.78 is 45.4. The first-order valence-electron chi connectivity index (χ1n) is 7.10. The zero-order valence-electron chi connectivity index (χ0n) is 12.9. The molecular weight excluding hydrogens is 384 g/mol. The fraction of sp³-hybridized carbons (Fsp3) is 0.333. The summed E-state index contributed by atoms with van der Waals surface area (Å²) in [4.78, 5) is 24.8. The van der Waals surface area contributed by atoms with Gasteiger partial charge in [-0.15, -0.1) is 0 Å². The third-order valence-corrected chi connectivity index (χ3v) is 4.47. The Morgan fingerprint density at radius 2 is 1.84 bits per heavy atom. The molecule has 0 N–H and O–H groups in total. The van der Waals surface area contributed by atoms with Crippen LogP contribution in [0.5, 0.6) is 5.75 Å². The van der Waals surface area contributed by atoms with Crippen LogP contribution in [-0.4, -0.2) is 15.2 Å². The van der Waals surface area contributed by atoms with Crippen molar-refractivity contribution in [2.24, 2.45) is 7.05 Å². The zero-order valence-corrected chi connectivity index (χ0v) is 14.5.